The molecular weight excluding hydrogens is 515 g/mol. The minimum absolute atomic E-state index is 0.145. The van der Waals surface area contributed by atoms with Gasteiger partial charge in [0.1, 0.15) is 11.3 Å². The first-order chi connectivity index (χ1) is 15.5. The van der Waals surface area contributed by atoms with Crippen molar-refractivity contribution in [1.82, 2.24) is 4.98 Å². The van der Waals surface area contributed by atoms with Gasteiger partial charge in [0.15, 0.2) is 11.3 Å². The molecule has 5 aromatic rings. The van der Waals surface area contributed by atoms with Gasteiger partial charge in [-0.25, -0.2) is 4.98 Å². The van der Waals surface area contributed by atoms with Crippen molar-refractivity contribution in [3.63, 3.8) is 0 Å². The number of oxazole rings is 1. The molecule has 0 radical (unpaired) electrons. The summed E-state index contributed by atoms with van der Waals surface area (Å²) >= 11 is 15.8. The Bertz CT molecular complexity index is 1480. The predicted molar refractivity (Wildman–Crippen MR) is 129 cm³/mol. The molecule has 8 heteroatoms. The third-order valence-corrected chi connectivity index (χ3v) is 6.08. The lowest BCUT2D eigenvalue weighted by Crippen LogP contribution is -2.10. The van der Waals surface area contributed by atoms with Gasteiger partial charge in [0, 0.05) is 21.3 Å². The molecule has 1 amide bonds. The summed E-state index contributed by atoms with van der Waals surface area (Å²) < 4.78 is 12.5. The van der Waals surface area contributed by atoms with E-state index in [1.54, 1.807) is 48.5 Å². The van der Waals surface area contributed by atoms with Gasteiger partial charge >= 0.3 is 0 Å². The van der Waals surface area contributed by atoms with Crippen LogP contribution >= 0.6 is 39.1 Å². The standard InChI is InChI=1S/C24H13BrCl2N2O3/c25-14-4-1-3-13(11-14)24-29-18-12-15(7-8-20(18)32-24)28-23(30)21-10-9-19(31-21)16-5-2-6-17(26)22(16)27/h1-12H,(H,28,30). The topological polar surface area (TPSA) is 68.3 Å². The average Bonchev–Trinajstić information content (AvgIpc) is 3.43. The molecule has 32 heavy (non-hydrogen) atoms. The van der Waals surface area contributed by atoms with Crippen LogP contribution in [0.25, 0.3) is 33.9 Å². The quantitative estimate of drug-likeness (QED) is 0.256. The van der Waals surface area contributed by atoms with Gasteiger partial charge in [-0.1, -0.05) is 51.3 Å². The van der Waals surface area contributed by atoms with Crippen molar-refractivity contribution < 1.29 is 13.6 Å². The number of halogens is 3. The summed E-state index contributed by atoms with van der Waals surface area (Å²) in [7, 11) is 0. The third-order valence-electron chi connectivity index (χ3n) is 4.76. The zero-order valence-corrected chi connectivity index (χ0v) is 19.3. The highest BCUT2D eigenvalue weighted by Crippen LogP contribution is 2.34. The van der Waals surface area contributed by atoms with Crippen molar-refractivity contribution in [1.29, 1.82) is 0 Å². The number of amides is 1. The van der Waals surface area contributed by atoms with Gasteiger partial charge in [-0.3, -0.25) is 4.79 Å². The van der Waals surface area contributed by atoms with Gasteiger partial charge in [-0.2, -0.15) is 0 Å². The average molecular weight is 528 g/mol. The number of hydrogen-bond donors (Lipinski definition) is 1. The Morgan fingerprint density at radius 1 is 0.938 bits per heavy atom. The highest BCUT2D eigenvalue weighted by Gasteiger charge is 2.16. The van der Waals surface area contributed by atoms with Gasteiger partial charge in [-0.05, 0) is 60.7 Å². The van der Waals surface area contributed by atoms with Crippen LogP contribution in [-0.4, -0.2) is 10.9 Å². The fraction of sp³-hybridized carbons (Fsp3) is 0. The Balaban J connectivity index is 1.38. The molecule has 5 nitrogen and oxygen atoms in total. The smallest absolute Gasteiger partial charge is 0.291 e. The molecule has 1 N–H and O–H groups in total. The maximum atomic E-state index is 12.7. The second kappa shape index (κ2) is 8.47. The van der Waals surface area contributed by atoms with Crippen LogP contribution in [0.3, 0.4) is 0 Å². The number of aromatic nitrogens is 1. The number of anilines is 1. The molecule has 0 bridgehead atoms. The molecule has 0 atom stereocenters. The number of carbonyl (C=O) groups is 1. The number of hydrogen-bond acceptors (Lipinski definition) is 4. The molecule has 158 valence electrons. The van der Waals surface area contributed by atoms with Crippen molar-refractivity contribution >= 4 is 61.8 Å². The molecule has 5 rings (SSSR count). The molecule has 0 saturated carbocycles. The second-order valence-electron chi connectivity index (χ2n) is 6.93. The molecule has 0 unspecified atom stereocenters. The van der Waals surface area contributed by atoms with E-state index in [0.29, 0.717) is 44.0 Å². The first-order valence-electron chi connectivity index (χ1n) is 9.50. The van der Waals surface area contributed by atoms with E-state index < -0.39 is 5.91 Å². The number of furan rings is 1. The molecular formula is C24H13BrCl2N2O3. The molecule has 3 aromatic carbocycles. The summed E-state index contributed by atoms with van der Waals surface area (Å²) in [5.41, 5.74) is 3.28. The number of nitrogens with zero attached hydrogens (tertiary/aromatic N) is 1. The van der Waals surface area contributed by atoms with Crippen LogP contribution in [0.1, 0.15) is 10.6 Å². The fourth-order valence-electron chi connectivity index (χ4n) is 3.24. The Labute approximate surface area is 201 Å². The van der Waals surface area contributed by atoms with E-state index in [1.165, 1.54) is 0 Å². The maximum absolute atomic E-state index is 12.7. The van der Waals surface area contributed by atoms with Gasteiger partial charge < -0.3 is 14.2 Å². The largest absolute Gasteiger partial charge is 0.451 e. The Kier molecular flexibility index (Phi) is 5.51. The van der Waals surface area contributed by atoms with Crippen LogP contribution in [0.5, 0.6) is 0 Å². The minimum atomic E-state index is -0.399. The normalized spacial score (nSPS) is 11.1. The van der Waals surface area contributed by atoms with Gasteiger partial charge in [0.2, 0.25) is 5.89 Å². The molecule has 0 saturated heterocycles. The van der Waals surface area contributed by atoms with Crippen LogP contribution in [0.4, 0.5) is 5.69 Å². The molecule has 2 heterocycles. The molecule has 0 aliphatic carbocycles. The van der Waals surface area contributed by atoms with E-state index in [-0.39, 0.29) is 5.76 Å². The first-order valence-corrected chi connectivity index (χ1v) is 11.0. The van der Waals surface area contributed by atoms with E-state index >= 15 is 0 Å². The van der Waals surface area contributed by atoms with Crippen molar-refractivity contribution in [2.75, 3.05) is 5.32 Å². The van der Waals surface area contributed by atoms with Gasteiger partial charge in [-0.15, -0.1) is 0 Å². The van der Waals surface area contributed by atoms with Crippen molar-refractivity contribution in [2.45, 2.75) is 0 Å². The Morgan fingerprint density at radius 3 is 2.62 bits per heavy atom. The van der Waals surface area contributed by atoms with E-state index in [2.05, 4.69) is 26.2 Å². The van der Waals surface area contributed by atoms with Crippen LogP contribution in [0, 0.1) is 0 Å². The van der Waals surface area contributed by atoms with E-state index in [1.807, 2.05) is 24.3 Å². The molecule has 0 spiro atoms. The monoisotopic (exact) mass is 526 g/mol. The summed E-state index contributed by atoms with van der Waals surface area (Å²) in [5.74, 6) is 0.697. The zero-order chi connectivity index (χ0) is 22.2. The second-order valence-corrected chi connectivity index (χ2v) is 8.63. The molecule has 0 fully saturated rings. The highest BCUT2D eigenvalue weighted by molar-refractivity contribution is 9.10. The lowest BCUT2D eigenvalue weighted by molar-refractivity contribution is 0.0997. The molecule has 0 aliphatic heterocycles. The molecule has 0 aliphatic rings. The van der Waals surface area contributed by atoms with Crippen molar-refractivity contribution in [3.05, 3.63) is 93.1 Å². The van der Waals surface area contributed by atoms with Crippen molar-refractivity contribution in [2.24, 2.45) is 0 Å². The van der Waals surface area contributed by atoms with E-state index in [9.17, 15) is 4.79 Å². The maximum Gasteiger partial charge on any atom is 0.291 e. The van der Waals surface area contributed by atoms with Crippen LogP contribution in [0.15, 0.2) is 86.1 Å². The summed E-state index contributed by atoms with van der Waals surface area (Å²) in [6.45, 7) is 0. The molecule has 2 aromatic heterocycles. The number of fused-ring (bicyclic) bond motifs is 1. The number of benzene rings is 3. The summed E-state index contributed by atoms with van der Waals surface area (Å²) in [6.07, 6.45) is 0. The van der Waals surface area contributed by atoms with E-state index in [0.717, 1.165) is 10.0 Å². The predicted octanol–water partition coefficient (Wildman–Crippen LogP) is 8.08. The van der Waals surface area contributed by atoms with Crippen molar-refractivity contribution in [3.8, 4) is 22.8 Å². The number of rotatable bonds is 4. The first kappa shape index (κ1) is 20.8. The van der Waals surface area contributed by atoms with E-state index in [4.69, 9.17) is 32.0 Å². The number of nitrogens with one attached hydrogen (secondary N) is 1. The van der Waals surface area contributed by atoms with Crippen LogP contribution in [-0.2, 0) is 0 Å². The third kappa shape index (κ3) is 4.05. The number of carbonyl (C=O) groups excluding carboxylic acids is 1. The Hall–Kier alpha value is -3.06. The lowest BCUT2D eigenvalue weighted by Gasteiger charge is -2.04. The fourth-order valence-corrected chi connectivity index (χ4v) is 4.03. The summed E-state index contributed by atoms with van der Waals surface area (Å²) in [6, 6.07) is 21.4. The van der Waals surface area contributed by atoms with Crippen LogP contribution in [0.2, 0.25) is 10.0 Å². The SMILES string of the molecule is O=C(Nc1ccc2oc(-c3cccc(Br)c3)nc2c1)c1ccc(-c2cccc(Cl)c2Cl)o1. The summed E-state index contributed by atoms with van der Waals surface area (Å²) in [4.78, 5) is 17.2. The Morgan fingerprint density at radius 2 is 1.78 bits per heavy atom. The van der Waals surface area contributed by atoms with Crippen LogP contribution < -0.4 is 5.32 Å². The zero-order valence-electron chi connectivity index (χ0n) is 16.2. The van der Waals surface area contributed by atoms with Gasteiger partial charge in [0.05, 0.1) is 10.0 Å². The highest BCUT2D eigenvalue weighted by atomic mass is 79.9. The minimum Gasteiger partial charge on any atom is -0.451 e. The summed E-state index contributed by atoms with van der Waals surface area (Å²) in [5, 5.41) is 3.60. The lowest BCUT2D eigenvalue weighted by atomic mass is 10.2. The van der Waals surface area contributed by atoms with Gasteiger partial charge in [0.25, 0.3) is 5.91 Å².